The third kappa shape index (κ3) is 1.03. The highest BCUT2D eigenvalue weighted by Crippen LogP contribution is 2.66. The van der Waals surface area contributed by atoms with Crippen molar-refractivity contribution in [3.63, 3.8) is 0 Å². The molecule has 0 saturated heterocycles. The fourth-order valence-electron chi connectivity index (χ4n) is 2.80. The quantitative estimate of drug-likeness (QED) is 0.591. The maximum absolute atomic E-state index is 11.6. The van der Waals surface area contributed by atoms with Crippen LogP contribution in [0.1, 0.15) is 27.2 Å². The topological polar surface area (TPSA) is 17.1 Å². The minimum absolute atomic E-state index is 0.104. The Morgan fingerprint density at radius 2 is 2.15 bits per heavy atom. The Morgan fingerprint density at radius 3 is 2.54 bits per heavy atom. The van der Waals surface area contributed by atoms with Gasteiger partial charge in [-0.25, -0.2) is 0 Å². The molecule has 0 aromatic carbocycles. The van der Waals surface area contributed by atoms with E-state index in [1.54, 1.807) is 6.92 Å². The maximum Gasteiger partial charge on any atom is 0.140 e. The molecule has 2 aliphatic rings. The van der Waals surface area contributed by atoms with Crippen LogP contribution < -0.4 is 0 Å². The van der Waals surface area contributed by atoms with Gasteiger partial charge in [-0.05, 0) is 39.0 Å². The molecular formula is C12H16O. The SMILES string of the molecule is CC(=O)C1(C=C(C)C)C2C=CCC21. The molecule has 0 heterocycles. The smallest absolute Gasteiger partial charge is 0.140 e. The molecule has 0 spiro atoms. The van der Waals surface area contributed by atoms with E-state index in [4.69, 9.17) is 0 Å². The Bertz CT molecular complexity index is 307. The first-order chi connectivity index (χ1) is 6.09. The number of ketones is 1. The van der Waals surface area contributed by atoms with Crippen LogP contribution in [-0.2, 0) is 4.79 Å². The Balaban J connectivity index is 2.32. The van der Waals surface area contributed by atoms with Gasteiger partial charge >= 0.3 is 0 Å². The number of allylic oxidation sites excluding steroid dienone is 4. The van der Waals surface area contributed by atoms with Gasteiger partial charge in [-0.3, -0.25) is 4.79 Å². The molecule has 2 rings (SSSR count). The molecule has 2 aliphatic carbocycles. The molecule has 0 aromatic rings. The molecular weight excluding hydrogens is 160 g/mol. The Kier molecular flexibility index (Phi) is 1.73. The van der Waals surface area contributed by atoms with Gasteiger partial charge in [0.05, 0.1) is 5.41 Å². The van der Waals surface area contributed by atoms with E-state index in [0.717, 1.165) is 6.42 Å². The Labute approximate surface area is 79.5 Å². The van der Waals surface area contributed by atoms with E-state index in [1.807, 2.05) is 0 Å². The van der Waals surface area contributed by atoms with Crippen molar-refractivity contribution in [3.8, 4) is 0 Å². The molecule has 0 bridgehead atoms. The molecule has 70 valence electrons. The normalized spacial score (nSPS) is 39.9. The molecule has 1 heteroatoms. The lowest BCUT2D eigenvalue weighted by Crippen LogP contribution is -2.15. The van der Waals surface area contributed by atoms with Crippen molar-refractivity contribution < 1.29 is 4.79 Å². The standard InChI is InChI=1S/C12H16O/c1-8(2)7-12(9(3)13)10-5-4-6-11(10)12/h4-5,7,10-11H,6H2,1-3H3. The summed E-state index contributed by atoms with van der Waals surface area (Å²) in [5.41, 5.74) is 1.16. The average Bonchev–Trinajstić information content (AvgIpc) is 2.44. The lowest BCUT2D eigenvalue weighted by atomic mass is 9.92. The zero-order chi connectivity index (χ0) is 9.64. The summed E-state index contributed by atoms with van der Waals surface area (Å²) >= 11 is 0. The van der Waals surface area contributed by atoms with Gasteiger partial charge in [-0.2, -0.15) is 0 Å². The number of hydrogen-bond acceptors (Lipinski definition) is 1. The van der Waals surface area contributed by atoms with Crippen LogP contribution in [-0.4, -0.2) is 5.78 Å². The van der Waals surface area contributed by atoms with Gasteiger partial charge in [-0.15, -0.1) is 0 Å². The molecule has 1 nitrogen and oxygen atoms in total. The summed E-state index contributed by atoms with van der Waals surface area (Å²) in [5.74, 6) is 1.44. The molecule has 0 N–H and O–H groups in total. The van der Waals surface area contributed by atoms with Gasteiger partial charge in [0.15, 0.2) is 0 Å². The van der Waals surface area contributed by atoms with E-state index in [0.29, 0.717) is 17.6 Å². The zero-order valence-electron chi connectivity index (χ0n) is 8.50. The highest BCUT2D eigenvalue weighted by molar-refractivity contribution is 5.89. The number of carbonyl (C=O) groups excluding carboxylic acids is 1. The van der Waals surface area contributed by atoms with Gasteiger partial charge in [0.1, 0.15) is 5.78 Å². The van der Waals surface area contributed by atoms with Crippen molar-refractivity contribution in [2.24, 2.45) is 17.3 Å². The first kappa shape index (κ1) is 8.74. The average molecular weight is 176 g/mol. The van der Waals surface area contributed by atoms with E-state index in [-0.39, 0.29) is 5.41 Å². The second-order valence-corrected chi connectivity index (χ2v) is 4.51. The van der Waals surface area contributed by atoms with Crippen molar-refractivity contribution in [2.45, 2.75) is 27.2 Å². The van der Waals surface area contributed by atoms with Crippen LogP contribution in [0.2, 0.25) is 0 Å². The fourth-order valence-corrected chi connectivity index (χ4v) is 2.80. The Hall–Kier alpha value is -0.850. The molecule has 0 amide bonds. The van der Waals surface area contributed by atoms with E-state index in [9.17, 15) is 4.79 Å². The van der Waals surface area contributed by atoms with Gasteiger partial charge in [0, 0.05) is 0 Å². The summed E-state index contributed by atoms with van der Waals surface area (Å²) in [6.45, 7) is 5.87. The Morgan fingerprint density at radius 1 is 1.46 bits per heavy atom. The summed E-state index contributed by atoms with van der Waals surface area (Å²) in [6.07, 6.45) is 7.68. The summed E-state index contributed by atoms with van der Waals surface area (Å²) in [4.78, 5) is 11.6. The molecule has 3 unspecified atom stereocenters. The van der Waals surface area contributed by atoms with Crippen molar-refractivity contribution >= 4 is 5.78 Å². The van der Waals surface area contributed by atoms with Crippen LogP contribution in [0.15, 0.2) is 23.8 Å². The van der Waals surface area contributed by atoms with Crippen molar-refractivity contribution in [1.29, 1.82) is 0 Å². The van der Waals surface area contributed by atoms with Gasteiger partial charge in [-0.1, -0.05) is 23.8 Å². The fraction of sp³-hybridized carbons (Fsp3) is 0.583. The second kappa shape index (κ2) is 2.57. The molecule has 13 heavy (non-hydrogen) atoms. The number of rotatable bonds is 2. The van der Waals surface area contributed by atoms with Crippen LogP contribution in [0.25, 0.3) is 0 Å². The highest BCUT2D eigenvalue weighted by atomic mass is 16.1. The molecule has 0 aromatic heterocycles. The van der Waals surface area contributed by atoms with Gasteiger partial charge in [0.25, 0.3) is 0 Å². The van der Waals surface area contributed by atoms with Gasteiger partial charge in [0.2, 0.25) is 0 Å². The largest absolute Gasteiger partial charge is 0.299 e. The third-order valence-electron chi connectivity index (χ3n) is 3.36. The summed E-state index contributed by atoms with van der Waals surface area (Å²) in [5, 5.41) is 0. The molecule has 0 radical (unpaired) electrons. The first-order valence-corrected chi connectivity index (χ1v) is 4.93. The predicted octanol–water partition coefficient (Wildman–Crippen LogP) is 2.73. The molecule has 1 fully saturated rings. The number of Topliss-reactive ketones (excluding diaryl/α,β-unsaturated/α-hetero) is 1. The van der Waals surface area contributed by atoms with Crippen LogP contribution in [0.5, 0.6) is 0 Å². The minimum atomic E-state index is -0.104. The van der Waals surface area contributed by atoms with Crippen molar-refractivity contribution in [2.75, 3.05) is 0 Å². The first-order valence-electron chi connectivity index (χ1n) is 4.93. The predicted molar refractivity (Wildman–Crippen MR) is 53.3 cm³/mol. The zero-order valence-corrected chi connectivity index (χ0v) is 8.50. The maximum atomic E-state index is 11.6. The molecule has 1 saturated carbocycles. The van der Waals surface area contributed by atoms with Crippen molar-refractivity contribution in [1.82, 2.24) is 0 Å². The summed E-state index contributed by atoms with van der Waals surface area (Å²) in [6, 6.07) is 0. The monoisotopic (exact) mass is 176 g/mol. The number of fused-ring (bicyclic) bond motifs is 1. The van der Waals surface area contributed by atoms with Crippen molar-refractivity contribution in [3.05, 3.63) is 23.8 Å². The highest BCUT2D eigenvalue weighted by Gasteiger charge is 2.65. The van der Waals surface area contributed by atoms with E-state index < -0.39 is 0 Å². The van der Waals surface area contributed by atoms with E-state index >= 15 is 0 Å². The van der Waals surface area contributed by atoms with Crippen LogP contribution in [0.3, 0.4) is 0 Å². The second-order valence-electron chi connectivity index (χ2n) is 4.51. The van der Waals surface area contributed by atoms with Crippen LogP contribution in [0.4, 0.5) is 0 Å². The molecule has 3 atom stereocenters. The van der Waals surface area contributed by atoms with E-state index in [1.165, 1.54) is 5.57 Å². The van der Waals surface area contributed by atoms with Gasteiger partial charge < -0.3 is 0 Å². The minimum Gasteiger partial charge on any atom is -0.299 e. The number of hydrogen-bond donors (Lipinski definition) is 0. The van der Waals surface area contributed by atoms with Crippen LogP contribution in [0, 0.1) is 17.3 Å². The summed E-state index contributed by atoms with van der Waals surface area (Å²) in [7, 11) is 0. The van der Waals surface area contributed by atoms with E-state index in [2.05, 4.69) is 32.1 Å². The number of carbonyl (C=O) groups is 1. The lowest BCUT2D eigenvalue weighted by molar-refractivity contribution is -0.121. The summed E-state index contributed by atoms with van der Waals surface area (Å²) < 4.78 is 0. The third-order valence-corrected chi connectivity index (χ3v) is 3.36. The lowest BCUT2D eigenvalue weighted by Gasteiger charge is -2.11. The molecule has 0 aliphatic heterocycles. The van der Waals surface area contributed by atoms with Crippen LogP contribution >= 0.6 is 0 Å².